The average molecular weight is 455 g/mol. The number of carboxylic acids is 1. The zero-order valence-electron chi connectivity index (χ0n) is 17.0. The van der Waals surface area contributed by atoms with Crippen LogP contribution in [0.1, 0.15) is 42.6 Å². The van der Waals surface area contributed by atoms with Crippen LogP contribution in [-0.4, -0.2) is 32.1 Å². The molecule has 0 aliphatic heterocycles. The van der Waals surface area contributed by atoms with E-state index in [1.165, 1.54) is 17.4 Å². The molecule has 1 aromatic carbocycles. The van der Waals surface area contributed by atoms with Crippen molar-refractivity contribution in [3.05, 3.63) is 52.3 Å². The molecule has 2 atom stereocenters. The molecule has 2 heterocycles. The van der Waals surface area contributed by atoms with Crippen molar-refractivity contribution in [1.82, 2.24) is 15.0 Å². The van der Waals surface area contributed by atoms with Crippen LogP contribution in [0.3, 0.4) is 0 Å². The molecule has 9 heteroatoms. The van der Waals surface area contributed by atoms with Gasteiger partial charge in [-0.1, -0.05) is 6.08 Å². The monoisotopic (exact) mass is 454 g/mol. The number of carboxylic acid groups (broad SMARTS) is 1. The maximum Gasteiger partial charge on any atom is 0.308 e. The molecule has 0 spiro atoms. The summed E-state index contributed by atoms with van der Waals surface area (Å²) in [4.78, 5) is 26.4. The number of anilines is 1. The number of aliphatic carboxylic acids is 1. The van der Waals surface area contributed by atoms with Crippen LogP contribution >= 0.6 is 11.3 Å². The number of nitrogens with one attached hydrogen (secondary N) is 1. The molecule has 2 bridgehead atoms. The van der Waals surface area contributed by atoms with E-state index in [1.54, 1.807) is 5.51 Å². The summed E-state index contributed by atoms with van der Waals surface area (Å²) < 4.78 is 28.2. The molecule has 3 fully saturated rings. The summed E-state index contributed by atoms with van der Waals surface area (Å²) in [6.45, 7) is 0. The van der Waals surface area contributed by atoms with Crippen LogP contribution in [0.15, 0.2) is 23.7 Å². The van der Waals surface area contributed by atoms with Crippen molar-refractivity contribution in [3.8, 4) is 0 Å². The maximum atomic E-state index is 14.2. The van der Waals surface area contributed by atoms with Gasteiger partial charge in [0.25, 0.3) is 0 Å². The van der Waals surface area contributed by atoms with Crippen LogP contribution in [0.5, 0.6) is 0 Å². The van der Waals surface area contributed by atoms with Gasteiger partial charge in [0.2, 0.25) is 0 Å². The molecule has 6 nitrogen and oxygen atoms in total. The van der Waals surface area contributed by atoms with Crippen molar-refractivity contribution >= 4 is 39.0 Å². The van der Waals surface area contributed by atoms with Gasteiger partial charge in [-0.15, -0.1) is 11.3 Å². The van der Waals surface area contributed by atoms with Gasteiger partial charge in [-0.3, -0.25) is 4.79 Å². The first-order valence-corrected chi connectivity index (χ1v) is 11.7. The molecule has 4 aliphatic rings. The molecule has 0 saturated heterocycles. The van der Waals surface area contributed by atoms with Gasteiger partial charge < -0.3 is 10.4 Å². The van der Waals surface area contributed by atoms with E-state index >= 15 is 0 Å². The summed E-state index contributed by atoms with van der Waals surface area (Å²) in [6.07, 6.45) is 6.05. The molecule has 2 aromatic heterocycles. The standard InChI is InChI=1S/C23H20F2N4O2S/c24-12-7-15-13(16(25)8-12)5-6-14(15)20-28-21(19-22(29-20)32-9-26-19)27-18-11-3-1-10(2-4-11)17(18)23(30)31/h6-11,17-18H,1-5H2,(H,30,31)(H,27,28,29). The van der Waals surface area contributed by atoms with Crippen molar-refractivity contribution in [2.24, 2.45) is 17.8 Å². The Balaban J connectivity index is 1.42. The quantitative estimate of drug-likeness (QED) is 0.597. The van der Waals surface area contributed by atoms with Crippen molar-refractivity contribution < 1.29 is 18.7 Å². The van der Waals surface area contributed by atoms with Gasteiger partial charge in [0, 0.05) is 17.7 Å². The average Bonchev–Trinajstić information content (AvgIpc) is 3.41. The van der Waals surface area contributed by atoms with Crippen molar-refractivity contribution in [3.63, 3.8) is 0 Å². The van der Waals surface area contributed by atoms with Crippen LogP contribution < -0.4 is 5.32 Å². The molecule has 0 radical (unpaired) electrons. The fraction of sp³-hybridized carbons (Fsp3) is 0.391. The first-order chi connectivity index (χ1) is 15.5. The zero-order chi connectivity index (χ0) is 22.0. The fourth-order valence-corrected chi connectivity index (χ4v) is 6.39. The van der Waals surface area contributed by atoms with Gasteiger partial charge in [0.05, 0.1) is 11.4 Å². The third kappa shape index (κ3) is 3.02. The Labute approximate surface area is 186 Å². The van der Waals surface area contributed by atoms with E-state index in [-0.39, 0.29) is 17.9 Å². The Hall–Kier alpha value is -2.94. The topological polar surface area (TPSA) is 88.0 Å². The first kappa shape index (κ1) is 19.7. The number of fused-ring (bicyclic) bond motifs is 5. The number of hydrogen-bond donors (Lipinski definition) is 2. The van der Waals surface area contributed by atoms with Crippen molar-refractivity contribution in [2.45, 2.75) is 38.1 Å². The van der Waals surface area contributed by atoms with Gasteiger partial charge in [-0.2, -0.15) is 0 Å². The van der Waals surface area contributed by atoms with E-state index in [0.717, 1.165) is 31.7 Å². The Morgan fingerprint density at radius 1 is 1.12 bits per heavy atom. The van der Waals surface area contributed by atoms with Crippen LogP contribution in [0.4, 0.5) is 14.6 Å². The van der Waals surface area contributed by atoms with Crippen LogP contribution in [-0.2, 0) is 11.2 Å². The Kier molecular flexibility index (Phi) is 4.50. The van der Waals surface area contributed by atoms with Crippen LogP contribution in [0.25, 0.3) is 15.9 Å². The smallest absolute Gasteiger partial charge is 0.308 e. The number of thiazole rings is 1. The second-order valence-corrected chi connectivity index (χ2v) is 9.68. The van der Waals surface area contributed by atoms with Gasteiger partial charge in [0.1, 0.15) is 22.0 Å². The van der Waals surface area contributed by atoms with E-state index in [0.29, 0.717) is 45.1 Å². The highest BCUT2D eigenvalue weighted by Crippen LogP contribution is 2.47. The lowest BCUT2D eigenvalue weighted by molar-refractivity contribution is -0.148. The SMILES string of the molecule is O=C(O)C1C2CCC(CC2)C1Nc1nc(C2=CCc3c(F)cc(F)cc32)nc2scnc12. The number of allylic oxidation sites excluding steroid dienone is 1. The minimum Gasteiger partial charge on any atom is -0.481 e. The molecule has 164 valence electrons. The number of hydrogen-bond acceptors (Lipinski definition) is 6. The summed E-state index contributed by atoms with van der Waals surface area (Å²) in [5, 5.41) is 13.3. The second kappa shape index (κ2) is 7.30. The minimum absolute atomic E-state index is 0.164. The molecule has 32 heavy (non-hydrogen) atoms. The Bertz CT molecular complexity index is 1280. The van der Waals surface area contributed by atoms with Crippen molar-refractivity contribution in [2.75, 3.05) is 5.32 Å². The molecular weight excluding hydrogens is 434 g/mol. The van der Waals surface area contributed by atoms with Gasteiger partial charge in [0.15, 0.2) is 11.6 Å². The Morgan fingerprint density at radius 3 is 2.69 bits per heavy atom. The third-order valence-electron chi connectivity index (χ3n) is 7.21. The van der Waals surface area contributed by atoms with Crippen molar-refractivity contribution in [1.29, 1.82) is 0 Å². The lowest BCUT2D eigenvalue weighted by Gasteiger charge is -2.47. The molecule has 2 N–H and O–H groups in total. The van der Waals surface area contributed by atoms with Gasteiger partial charge in [-0.05, 0) is 61.1 Å². The number of rotatable bonds is 4. The summed E-state index contributed by atoms with van der Waals surface area (Å²) >= 11 is 1.35. The molecule has 3 saturated carbocycles. The number of nitrogens with zero attached hydrogens (tertiary/aromatic N) is 3. The van der Waals surface area contributed by atoms with E-state index in [1.807, 2.05) is 6.08 Å². The lowest BCUT2D eigenvalue weighted by atomic mass is 9.61. The minimum atomic E-state index is -0.779. The van der Waals surface area contributed by atoms with E-state index in [9.17, 15) is 18.7 Å². The third-order valence-corrected chi connectivity index (χ3v) is 7.93. The Morgan fingerprint density at radius 2 is 1.91 bits per heavy atom. The lowest BCUT2D eigenvalue weighted by Crippen LogP contribution is -2.51. The van der Waals surface area contributed by atoms with E-state index in [2.05, 4.69) is 15.3 Å². The first-order valence-electron chi connectivity index (χ1n) is 10.8. The molecule has 3 aromatic rings. The van der Waals surface area contributed by atoms with Gasteiger partial charge in [-0.25, -0.2) is 23.7 Å². The largest absolute Gasteiger partial charge is 0.481 e. The van der Waals surface area contributed by atoms with Gasteiger partial charge >= 0.3 is 5.97 Å². The fourth-order valence-electron chi connectivity index (χ4n) is 5.73. The maximum absolute atomic E-state index is 14.2. The highest BCUT2D eigenvalue weighted by Gasteiger charge is 2.47. The summed E-state index contributed by atoms with van der Waals surface area (Å²) in [5.41, 5.74) is 3.73. The molecule has 4 aliphatic carbocycles. The zero-order valence-corrected chi connectivity index (χ0v) is 17.8. The predicted molar refractivity (Wildman–Crippen MR) is 116 cm³/mol. The second-order valence-electron chi connectivity index (χ2n) is 8.85. The van der Waals surface area contributed by atoms with E-state index in [4.69, 9.17) is 4.98 Å². The van der Waals surface area contributed by atoms with E-state index < -0.39 is 23.5 Å². The number of benzene rings is 1. The summed E-state index contributed by atoms with van der Waals surface area (Å²) in [5.74, 6) is -1.19. The molecular formula is C23H20F2N4O2S. The molecule has 0 amide bonds. The van der Waals surface area contributed by atoms with Crippen LogP contribution in [0.2, 0.25) is 0 Å². The summed E-state index contributed by atoms with van der Waals surface area (Å²) in [6, 6.07) is 1.97. The number of carbonyl (C=O) groups is 1. The number of aromatic nitrogens is 3. The molecule has 2 unspecified atom stereocenters. The molecule has 7 rings (SSSR count). The predicted octanol–water partition coefficient (Wildman–Crippen LogP) is 4.65. The normalized spacial score (nSPS) is 26.2. The summed E-state index contributed by atoms with van der Waals surface area (Å²) in [7, 11) is 0. The highest BCUT2D eigenvalue weighted by atomic mass is 32.1. The van der Waals surface area contributed by atoms with Crippen LogP contribution in [0, 0.1) is 29.4 Å². The number of halogens is 2. The highest BCUT2D eigenvalue weighted by molar-refractivity contribution is 7.16.